The van der Waals surface area contributed by atoms with E-state index < -0.39 is 0 Å². The average Bonchev–Trinajstić information content (AvgIpc) is 3.88. The summed E-state index contributed by atoms with van der Waals surface area (Å²) >= 11 is 0. The van der Waals surface area contributed by atoms with Gasteiger partial charge < -0.3 is 0 Å². The number of fused-ring (bicyclic) bond motifs is 14. The second-order valence-corrected chi connectivity index (χ2v) is 20.1. The van der Waals surface area contributed by atoms with Crippen molar-refractivity contribution in [3.05, 3.63) is 248 Å². The van der Waals surface area contributed by atoms with Gasteiger partial charge in [0.15, 0.2) is 5.82 Å². The van der Waals surface area contributed by atoms with Crippen LogP contribution in [0.3, 0.4) is 0 Å². The maximum absolute atomic E-state index is 5.56. The second kappa shape index (κ2) is 15.4. The van der Waals surface area contributed by atoms with Gasteiger partial charge >= 0.3 is 0 Å². The van der Waals surface area contributed by atoms with E-state index in [-0.39, 0.29) is 5.41 Å². The fourth-order valence-corrected chi connectivity index (χ4v) is 12.1. The highest BCUT2D eigenvalue weighted by Crippen LogP contribution is 2.50. The van der Waals surface area contributed by atoms with E-state index in [2.05, 4.69) is 255 Å². The average molecular weight is 916 g/mol. The molecule has 336 valence electrons. The van der Waals surface area contributed by atoms with Gasteiger partial charge in [-0.25, -0.2) is 9.97 Å². The van der Waals surface area contributed by atoms with Gasteiger partial charge in [-0.15, -0.1) is 0 Å². The van der Waals surface area contributed by atoms with Crippen molar-refractivity contribution in [1.29, 1.82) is 0 Å². The third kappa shape index (κ3) is 6.17. The number of hydrogen-bond donors (Lipinski definition) is 0. The van der Waals surface area contributed by atoms with Crippen LogP contribution in [-0.2, 0) is 5.41 Å². The van der Waals surface area contributed by atoms with E-state index in [1.807, 2.05) is 0 Å². The molecule has 0 N–H and O–H groups in total. The second-order valence-electron chi connectivity index (χ2n) is 20.1. The minimum absolute atomic E-state index is 0.0798. The highest BCUT2D eigenvalue weighted by Gasteiger charge is 2.35. The highest BCUT2D eigenvalue weighted by molar-refractivity contribution is 6.29. The zero-order valence-corrected chi connectivity index (χ0v) is 39.9. The molecule has 3 heteroatoms. The Bertz CT molecular complexity index is 4500. The number of rotatable bonds is 5. The number of nitrogens with zero attached hydrogens (tertiary/aromatic N) is 3. The van der Waals surface area contributed by atoms with E-state index in [4.69, 9.17) is 9.97 Å². The Hall–Kier alpha value is -9.18. The fraction of sp³-hybridized carbons (Fsp3) is 0.0435. The molecule has 0 spiro atoms. The molecular weight excluding hydrogens is 871 g/mol. The van der Waals surface area contributed by atoms with Crippen LogP contribution in [0.25, 0.3) is 138 Å². The molecule has 0 bridgehead atoms. The van der Waals surface area contributed by atoms with E-state index in [0.29, 0.717) is 5.82 Å². The quantitative estimate of drug-likeness (QED) is 0.161. The molecule has 15 rings (SSSR count). The maximum Gasteiger partial charge on any atom is 0.162 e. The lowest BCUT2D eigenvalue weighted by Gasteiger charge is -2.22. The van der Waals surface area contributed by atoms with E-state index in [0.717, 1.165) is 39.1 Å². The first-order chi connectivity index (χ1) is 35.4. The molecule has 1 aliphatic rings. The molecule has 0 fully saturated rings. The van der Waals surface area contributed by atoms with Crippen LogP contribution in [0.4, 0.5) is 0 Å². The molecular formula is C69H45N3. The van der Waals surface area contributed by atoms with Crippen LogP contribution in [-0.4, -0.2) is 14.5 Å². The van der Waals surface area contributed by atoms with Crippen molar-refractivity contribution < 1.29 is 0 Å². The van der Waals surface area contributed by atoms with Gasteiger partial charge in [0.25, 0.3) is 0 Å². The molecule has 0 saturated carbocycles. The predicted octanol–water partition coefficient (Wildman–Crippen LogP) is 18.3. The normalized spacial score (nSPS) is 13.0. The van der Waals surface area contributed by atoms with Crippen LogP contribution in [0.1, 0.15) is 25.0 Å². The molecule has 12 aromatic carbocycles. The van der Waals surface area contributed by atoms with Gasteiger partial charge in [-0.3, -0.25) is 4.57 Å². The summed E-state index contributed by atoms with van der Waals surface area (Å²) in [4.78, 5) is 10.9. The van der Waals surface area contributed by atoms with Crippen LogP contribution in [0.2, 0.25) is 0 Å². The van der Waals surface area contributed by atoms with Crippen molar-refractivity contribution in [2.24, 2.45) is 0 Å². The van der Waals surface area contributed by atoms with Crippen molar-refractivity contribution in [1.82, 2.24) is 14.5 Å². The first-order valence-electron chi connectivity index (χ1n) is 25.0. The van der Waals surface area contributed by atoms with Gasteiger partial charge in [0.1, 0.15) is 5.82 Å². The summed E-state index contributed by atoms with van der Waals surface area (Å²) in [6, 6.07) is 87.0. The molecule has 0 unspecified atom stereocenters. The topological polar surface area (TPSA) is 30.7 Å². The van der Waals surface area contributed by atoms with Crippen LogP contribution in [0, 0.1) is 0 Å². The van der Waals surface area contributed by atoms with Crippen LogP contribution < -0.4 is 0 Å². The fourth-order valence-electron chi connectivity index (χ4n) is 12.1. The Morgan fingerprint density at radius 3 is 1.64 bits per heavy atom. The summed E-state index contributed by atoms with van der Waals surface area (Å²) in [6.45, 7) is 4.72. The summed E-state index contributed by atoms with van der Waals surface area (Å²) in [6.07, 6.45) is 0. The summed E-state index contributed by atoms with van der Waals surface area (Å²) in [7, 11) is 0. The maximum atomic E-state index is 5.56. The van der Waals surface area contributed by atoms with Gasteiger partial charge in [-0.1, -0.05) is 196 Å². The smallest absolute Gasteiger partial charge is 0.162 e. The molecule has 2 aromatic heterocycles. The van der Waals surface area contributed by atoms with Gasteiger partial charge in [-0.2, -0.15) is 0 Å². The van der Waals surface area contributed by atoms with Crippen LogP contribution in [0.15, 0.2) is 237 Å². The van der Waals surface area contributed by atoms with E-state index >= 15 is 0 Å². The molecule has 1 aliphatic carbocycles. The summed E-state index contributed by atoms with van der Waals surface area (Å²) in [5.41, 5.74) is 15.3. The molecule has 0 radical (unpaired) electrons. The predicted molar refractivity (Wildman–Crippen MR) is 303 cm³/mol. The molecule has 2 heterocycles. The molecule has 0 atom stereocenters. The third-order valence-corrected chi connectivity index (χ3v) is 15.7. The van der Waals surface area contributed by atoms with E-state index in [1.165, 1.54) is 104 Å². The Kier molecular flexibility index (Phi) is 8.71. The number of hydrogen-bond acceptors (Lipinski definition) is 2. The standard InChI is InChI=1S/C69H45N3/c1-69(2)62-23-13-12-22-55(62)56-32-29-49(38-63(56)69)48-28-31-54-57(36-48)52-20-10-11-21-53(52)58-39-61-60-37-47(42-14-4-3-5-15-42)30-33-65(60)72(66(61)40-59(54)58)67-41-64(50-26-24-43-16-6-8-18-45(43)34-50)70-68(71-67)51-27-25-44-17-7-9-19-46(44)35-51/h3-41H,1-2H3. The first-order valence-corrected chi connectivity index (χ1v) is 25.0. The van der Waals surface area contributed by atoms with Crippen molar-refractivity contribution in [3.8, 4) is 61.8 Å². The minimum Gasteiger partial charge on any atom is -0.294 e. The summed E-state index contributed by atoms with van der Waals surface area (Å²) in [5, 5.41) is 14.5. The lowest BCUT2D eigenvalue weighted by atomic mass is 9.81. The zero-order chi connectivity index (χ0) is 47.7. The Balaban J connectivity index is 0.998. The van der Waals surface area contributed by atoms with E-state index in [1.54, 1.807) is 0 Å². The molecule has 72 heavy (non-hydrogen) atoms. The van der Waals surface area contributed by atoms with Gasteiger partial charge in [-0.05, 0) is 147 Å². The number of aromatic nitrogens is 3. The summed E-state index contributed by atoms with van der Waals surface area (Å²) < 4.78 is 2.38. The SMILES string of the molecule is CC1(C)c2ccccc2-c2ccc(-c3ccc4c(c3)c3ccccc3c3cc5c6cc(-c7ccccc7)ccc6n(-c6cc(-c7ccc8ccccc8c7)nc(-c7ccc8ccccc8c7)n6)c5cc43)cc21. The van der Waals surface area contributed by atoms with Crippen molar-refractivity contribution >= 4 is 75.7 Å². The Labute approximate surface area is 416 Å². The highest BCUT2D eigenvalue weighted by atomic mass is 15.1. The Morgan fingerprint density at radius 1 is 0.306 bits per heavy atom. The third-order valence-electron chi connectivity index (χ3n) is 15.7. The van der Waals surface area contributed by atoms with Crippen molar-refractivity contribution in [2.45, 2.75) is 19.3 Å². The van der Waals surface area contributed by atoms with Crippen molar-refractivity contribution in [2.75, 3.05) is 0 Å². The monoisotopic (exact) mass is 915 g/mol. The van der Waals surface area contributed by atoms with Gasteiger partial charge in [0.2, 0.25) is 0 Å². The van der Waals surface area contributed by atoms with Gasteiger partial charge in [0, 0.05) is 33.4 Å². The molecule has 0 amide bonds. The first kappa shape index (κ1) is 40.7. The molecule has 14 aromatic rings. The molecule has 3 nitrogen and oxygen atoms in total. The van der Waals surface area contributed by atoms with E-state index in [9.17, 15) is 0 Å². The van der Waals surface area contributed by atoms with Crippen LogP contribution in [0.5, 0.6) is 0 Å². The van der Waals surface area contributed by atoms with Gasteiger partial charge in [0.05, 0.1) is 16.7 Å². The Morgan fingerprint density at radius 2 is 0.847 bits per heavy atom. The lowest BCUT2D eigenvalue weighted by Crippen LogP contribution is -2.14. The van der Waals surface area contributed by atoms with Crippen LogP contribution >= 0.6 is 0 Å². The zero-order valence-electron chi connectivity index (χ0n) is 39.9. The minimum atomic E-state index is -0.0798. The molecule has 0 aliphatic heterocycles. The summed E-state index contributed by atoms with van der Waals surface area (Å²) in [5.74, 6) is 1.50. The lowest BCUT2D eigenvalue weighted by molar-refractivity contribution is 0.660. The largest absolute Gasteiger partial charge is 0.294 e. The number of benzene rings is 12. The molecule has 0 saturated heterocycles. The van der Waals surface area contributed by atoms with Crippen molar-refractivity contribution in [3.63, 3.8) is 0 Å².